The van der Waals surface area contributed by atoms with E-state index in [9.17, 15) is 4.79 Å². The highest BCUT2D eigenvalue weighted by Crippen LogP contribution is 2.17. The molecule has 0 aliphatic carbocycles. The Hall–Kier alpha value is -1.37. The number of Topliss-reactive ketones (excluding diaryl/α,β-unsaturated/α-hetero) is 1. The molecule has 0 radical (unpaired) electrons. The summed E-state index contributed by atoms with van der Waals surface area (Å²) in [6.45, 7) is 5.95. The van der Waals surface area contributed by atoms with E-state index in [0.717, 1.165) is 24.8 Å². The van der Waals surface area contributed by atoms with Crippen molar-refractivity contribution in [2.45, 2.75) is 46.5 Å². The molecule has 0 N–H and O–H groups in total. The van der Waals surface area contributed by atoms with Gasteiger partial charge in [0.15, 0.2) is 5.78 Å². The molecule has 92 valence electrons. The van der Waals surface area contributed by atoms with Crippen molar-refractivity contribution >= 4 is 5.78 Å². The molecule has 1 nitrogen and oxygen atoms in total. The predicted octanol–water partition coefficient (Wildman–Crippen LogP) is 4.32. The predicted molar refractivity (Wildman–Crippen MR) is 73.1 cm³/mol. The Labute approximate surface area is 105 Å². The standard InChI is InChI=1S/C16H22O/c1-4-5-9-13(2)16(14(3)17)12-15-10-7-6-8-11-15/h6-8,10-11H,4-5,9,12H2,1-3H3/b16-13-. The van der Waals surface area contributed by atoms with Crippen LogP contribution in [-0.2, 0) is 11.2 Å². The molecule has 0 saturated heterocycles. The Balaban J connectivity index is 2.83. The molecule has 0 saturated carbocycles. The van der Waals surface area contributed by atoms with Gasteiger partial charge in [0.25, 0.3) is 0 Å². The molecule has 0 bridgehead atoms. The fourth-order valence-corrected chi connectivity index (χ4v) is 1.97. The fraction of sp³-hybridized carbons (Fsp3) is 0.438. The Morgan fingerprint density at radius 3 is 2.29 bits per heavy atom. The first kappa shape index (κ1) is 13.7. The summed E-state index contributed by atoms with van der Waals surface area (Å²) in [4.78, 5) is 11.7. The number of hydrogen-bond acceptors (Lipinski definition) is 1. The maximum atomic E-state index is 11.7. The highest BCUT2D eigenvalue weighted by Gasteiger charge is 2.08. The largest absolute Gasteiger partial charge is 0.295 e. The summed E-state index contributed by atoms with van der Waals surface area (Å²) in [5, 5.41) is 0. The van der Waals surface area contributed by atoms with Gasteiger partial charge in [-0.05, 0) is 37.8 Å². The van der Waals surface area contributed by atoms with E-state index < -0.39 is 0 Å². The molecule has 0 unspecified atom stereocenters. The lowest BCUT2D eigenvalue weighted by Crippen LogP contribution is -2.04. The highest BCUT2D eigenvalue weighted by molar-refractivity contribution is 5.94. The van der Waals surface area contributed by atoms with Crippen molar-refractivity contribution in [1.29, 1.82) is 0 Å². The molecule has 0 spiro atoms. The zero-order valence-corrected chi connectivity index (χ0v) is 11.1. The van der Waals surface area contributed by atoms with Gasteiger partial charge in [0, 0.05) is 6.42 Å². The quantitative estimate of drug-likeness (QED) is 0.665. The molecule has 1 rings (SSSR count). The lowest BCUT2D eigenvalue weighted by atomic mass is 9.95. The van der Waals surface area contributed by atoms with Crippen LogP contribution in [0.25, 0.3) is 0 Å². The summed E-state index contributed by atoms with van der Waals surface area (Å²) in [6.07, 6.45) is 4.15. The summed E-state index contributed by atoms with van der Waals surface area (Å²) in [6, 6.07) is 10.2. The first-order valence-electron chi connectivity index (χ1n) is 6.38. The summed E-state index contributed by atoms with van der Waals surface area (Å²) in [5.74, 6) is 0.211. The normalized spacial score (nSPS) is 12.2. The van der Waals surface area contributed by atoms with E-state index >= 15 is 0 Å². The Morgan fingerprint density at radius 1 is 1.12 bits per heavy atom. The molecule has 1 aromatic carbocycles. The van der Waals surface area contributed by atoms with E-state index in [-0.39, 0.29) is 5.78 Å². The van der Waals surface area contributed by atoms with E-state index in [4.69, 9.17) is 0 Å². The van der Waals surface area contributed by atoms with Crippen molar-refractivity contribution in [3.05, 3.63) is 47.0 Å². The van der Waals surface area contributed by atoms with Gasteiger partial charge in [-0.2, -0.15) is 0 Å². The topological polar surface area (TPSA) is 17.1 Å². The van der Waals surface area contributed by atoms with Crippen LogP contribution in [-0.4, -0.2) is 5.78 Å². The van der Waals surface area contributed by atoms with Crippen LogP contribution in [0.3, 0.4) is 0 Å². The SMILES string of the molecule is CCCC/C(C)=C(/Cc1ccccc1)C(C)=O. The van der Waals surface area contributed by atoms with Crippen LogP contribution in [0, 0.1) is 0 Å². The van der Waals surface area contributed by atoms with Crippen LogP contribution in [0.15, 0.2) is 41.5 Å². The monoisotopic (exact) mass is 230 g/mol. The van der Waals surface area contributed by atoms with E-state index in [1.54, 1.807) is 6.92 Å². The molecule has 0 amide bonds. The zero-order chi connectivity index (χ0) is 12.7. The van der Waals surface area contributed by atoms with Gasteiger partial charge in [-0.3, -0.25) is 4.79 Å². The minimum atomic E-state index is 0.211. The van der Waals surface area contributed by atoms with Crippen LogP contribution in [0.2, 0.25) is 0 Å². The first-order valence-corrected chi connectivity index (χ1v) is 6.38. The number of rotatable bonds is 6. The molecule has 0 atom stereocenters. The molecule has 17 heavy (non-hydrogen) atoms. The second-order valence-electron chi connectivity index (χ2n) is 4.58. The van der Waals surface area contributed by atoms with Gasteiger partial charge in [0.1, 0.15) is 0 Å². The third-order valence-electron chi connectivity index (χ3n) is 3.07. The Bertz CT molecular complexity index is 387. The summed E-state index contributed by atoms with van der Waals surface area (Å²) in [7, 11) is 0. The average molecular weight is 230 g/mol. The Morgan fingerprint density at radius 2 is 1.76 bits per heavy atom. The molecule has 0 heterocycles. The van der Waals surface area contributed by atoms with Gasteiger partial charge in [0.05, 0.1) is 0 Å². The summed E-state index contributed by atoms with van der Waals surface area (Å²) < 4.78 is 0. The van der Waals surface area contributed by atoms with Crippen molar-refractivity contribution in [3.63, 3.8) is 0 Å². The minimum absolute atomic E-state index is 0.211. The van der Waals surface area contributed by atoms with Crippen LogP contribution in [0.5, 0.6) is 0 Å². The maximum Gasteiger partial charge on any atom is 0.156 e. The van der Waals surface area contributed by atoms with Gasteiger partial charge in [-0.1, -0.05) is 49.2 Å². The number of benzene rings is 1. The number of hydrogen-bond donors (Lipinski definition) is 0. The highest BCUT2D eigenvalue weighted by atomic mass is 16.1. The van der Waals surface area contributed by atoms with Crippen LogP contribution >= 0.6 is 0 Å². The van der Waals surface area contributed by atoms with Gasteiger partial charge in [0.2, 0.25) is 0 Å². The van der Waals surface area contributed by atoms with E-state index in [1.807, 2.05) is 18.2 Å². The van der Waals surface area contributed by atoms with Crippen molar-refractivity contribution < 1.29 is 4.79 Å². The molecule has 1 aromatic rings. The third kappa shape index (κ3) is 4.56. The van der Waals surface area contributed by atoms with Gasteiger partial charge >= 0.3 is 0 Å². The Kier molecular flexibility index (Phi) is 5.68. The number of unbranched alkanes of at least 4 members (excludes halogenated alkanes) is 1. The van der Waals surface area contributed by atoms with Crippen LogP contribution in [0.1, 0.15) is 45.6 Å². The fourth-order valence-electron chi connectivity index (χ4n) is 1.97. The zero-order valence-electron chi connectivity index (χ0n) is 11.1. The van der Waals surface area contributed by atoms with Gasteiger partial charge in [-0.15, -0.1) is 0 Å². The molecule has 0 aromatic heterocycles. The van der Waals surface area contributed by atoms with Crippen molar-refractivity contribution in [2.75, 3.05) is 0 Å². The number of carbonyl (C=O) groups is 1. The van der Waals surface area contributed by atoms with Crippen molar-refractivity contribution in [1.82, 2.24) is 0 Å². The molecule has 0 aliphatic rings. The van der Waals surface area contributed by atoms with Crippen molar-refractivity contribution in [3.8, 4) is 0 Å². The molecular formula is C16H22O. The second kappa shape index (κ2) is 7.05. The number of allylic oxidation sites excluding steroid dienone is 2. The lowest BCUT2D eigenvalue weighted by Gasteiger charge is -2.09. The van der Waals surface area contributed by atoms with Crippen molar-refractivity contribution in [2.24, 2.45) is 0 Å². The second-order valence-corrected chi connectivity index (χ2v) is 4.58. The van der Waals surface area contributed by atoms with Crippen LogP contribution < -0.4 is 0 Å². The summed E-state index contributed by atoms with van der Waals surface area (Å²) in [5.41, 5.74) is 3.46. The van der Waals surface area contributed by atoms with E-state index in [1.165, 1.54) is 17.6 Å². The average Bonchev–Trinajstić information content (AvgIpc) is 2.34. The number of carbonyl (C=O) groups excluding carboxylic acids is 1. The molecule has 1 heteroatoms. The van der Waals surface area contributed by atoms with Gasteiger partial charge in [-0.25, -0.2) is 0 Å². The molecule has 0 aliphatic heterocycles. The third-order valence-corrected chi connectivity index (χ3v) is 3.07. The van der Waals surface area contributed by atoms with Crippen LogP contribution in [0.4, 0.5) is 0 Å². The molecule has 0 fully saturated rings. The lowest BCUT2D eigenvalue weighted by molar-refractivity contribution is -0.113. The molecular weight excluding hydrogens is 208 g/mol. The van der Waals surface area contributed by atoms with E-state index in [0.29, 0.717) is 0 Å². The number of ketones is 1. The van der Waals surface area contributed by atoms with Gasteiger partial charge < -0.3 is 0 Å². The minimum Gasteiger partial charge on any atom is -0.295 e. The smallest absolute Gasteiger partial charge is 0.156 e. The summed E-state index contributed by atoms with van der Waals surface area (Å²) >= 11 is 0. The van der Waals surface area contributed by atoms with E-state index in [2.05, 4.69) is 26.0 Å². The first-order chi connectivity index (χ1) is 8.15. The maximum absolute atomic E-state index is 11.7.